The molecule has 7 nitrogen and oxygen atoms in total. The second kappa shape index (κ2) is 11.1. The van der Waals surface area contributed by atoms with E-state index in [4.69, 9.17) is 18.6 Å². The van der Waals surface area contributed by atoms with Crippen LogP contribution in [0.25, 0.3) is 6.08 Å². The highest BCUT2D eigenvalue weighted by molar-refractivity contribution is 5.92. The van der Waals surface area contributed by atoms with Gasteiger partial charge in [-0.25, -0.2) is 4.79 Å². The number of ether oxygens (including phenoxy) is 3. The number of likely N-dealkylation sites (N-methyl/N-ethyl adjacent to an activating group) is 1. The number of hydrogen-bond acceptors (Lipinski definition) is 6. The van der Waals surface area contributed by atoms with E-state index in [9.17, 15) is 9.59 Å². The van der Waals surface area contributed by atoms with Crippen molar-refractivity contribution in [2.75, 3.05) is 27.9 Å². The molecule has 1 heterocycles. The summed E-state index contributed by atoms with van der Waals surface area (Å²) in [6.45, 7) is 4.65. The highest BCUT2D eigenvalue weighted by Gasteiger charge is 2.17. The maximum Gasteiger partial charge on any atom is 0.341 e. The zero-order valence-electron chi connectivity index (χ0n) is 18.2. The van der Waals surface area contributed by atoms with Crippen LogP contribution < -0.4 is 9.47 Å². The first-order valence-electron chi connectivity index (χ1n) is 9.81. The van der Waals surface area contributed by atoms with Crippen LogP contribution in [-0.2, 0) is 16.1 Å². The van der Waals surface area contributed by atoms with Gasteiger partial charge in [0.05, 0.1) is 27.4 Å². The van der Waals surface area contributed by atoms with E-state index < -0.39 is 5.97 Å². The molecule has 1 aromatic carbocycles. The molecule has 1 aromatic heterocycles. The average Bonchev–Trinajstić information content (AvgIpc) is 3.11. The Bertz CT molecular complexity index is 899. The minimum Gasteiger partial charge on any atom is -0.493 e. The van der Waals surface area contributed by atoms with Crippen LogP contribution in [0.1, 0.15) is 47.2 Å². The molecule has 2 aromatic rings. The molecule has 30 heavy (non-hydrogen) atoms. The Hall–Kier alpha value is -3.22. The van der Waals surface area contributed by atoms with Gasteiger partial charge in [-0.3, -0.25) is 4.79 Å². The monoisotopic (exact) mass is 415 g/mol. The fourth-order valence-electron chi connectivity index (χ4n) is 2.77. The quantitative estimate of drug-likeness (QED) is 0.328. The van der Waals surface area contributed by atoms with Crippen molar-refractivity contribution in [2.24, 2.45) is 0 Å². The first-order valence-corrected chi connectivity index (χ1v) is 9.81. The number of methoxy groups -OCH3 is 2. The standard InChI is InChI=1S/C23H29NO6/c1-6-7-12-29-20-10-8-17(13-21(20)27-4)9-11-22(25)24(3)15-18-14-19(16(2)30-18)23(26)28-5/h8-11,13-14H,6-7,12,15H2,1-5H3/b11-9+. The number of carbonyl (C=O) groups is 2. The molecule has 0 saturated carbocycles. The Labute approximate surface area is 177 Å². The minimum absolute atomic E-state index is 0.203. The van der Waals surface area contributed by atoms with Crippen molar-refractivity contribution in [3.05, 3.63) is 53.0 Å². The number of furan rings is 1. The smallest absolute Gasteiger partial charge is 0.341 e. The van der Waals surface area contributed by atoms with Crippen LogP contribution in [0.15, 0.2) is 34.8 Å². The van der Waals surface area contributed by atoms with E-state index in [1.54, 1.807) is 33.2 Å². The number of aryl methyl sites for hydroxylation is 1. The van der Waals surface area contributed by atoms with E-state index in [1.807, 2.05) is 18.2 Å². The number of nitrogens with zero attached hydrogens (tertiary/aromatic N) is 1. The van der Waals surface area contributed by atoms with Gasteiger partial charge in [-0.15, -0.1) is 0 Å². The molecule has 0 N–H and O–H groups in total. The van der Waals surface area contributed by atoms with E-state index in [0.717, 1.165) is 18.4 Å². The lowest BCUT2D eigenvalue weighted by Gasteiger charge is -2.13. The molecule has 0 fully saturated rings. The molecular formula is C23H29NO6. The second-order valence-electron chi connectivity index (χ2n) is 6.81. The number of esters is 1. The second-order valence-corrected chi connectivity index (χ2v) is 6.81. The third-order valence-electron chi connectivity index (χ3n) is 4.50. The number of benzene rings is 1. The first kappa shape index (κ1) is 23.1. The Morgan fingerprint density at radius 2 is 1.93 bits per heavy atom. The summed E-state index contributed by atoms with van der Waals surface area (Å²) in [5.41, 5.74) is 1.18. The van der Waals surface area contributed by atoms with Crippen LogP contribution in [0.4, 0.5) is 0 Å². The SMILES string of the molecule is CCCCOc1ccc(/C=C/C(=O)N(C)Cc2cc(C(=O)OC)c(C)o2)cc1OC. The fourth-order valence-corrected chi connectivity index (χ4v) is 2.77. The molecule has 0 saturated heterocycles. The van der Waals surface area contributed by atoms with Gasteiger partial charge >= 0.3 is 5.97 Å². The molecule has 0 radical (unpaired) electrons. The summed E-state index contributed by atoms with van der Waals surface area (Å²) in [5.74, 6) is 1.60. The Balaban J connectivity index is 2.01. The van der Waals surface area contributed by atoms with Gasteiger partial charge in [0.2, 0.25) is 5.91 Å². The van der Waals surface area contributed by atoms with Crippen molar-refractivity contribution in [2.45, 2.75) is 33.2 Å². The van der Waals surface area contributed by atoms with Gasteiger partial charge in [0, 0.05) is 13.1 Å². The van der Waals surface area contributed by atoms with Crippen molar-refractivity contribution in [3.63, 3.8) is 0 Å². The molecule has 7 heteroatoms. The number of carbonyl (C=O) groups excluding carboxylic acids is 2. The molecule has 2 rings (SSSR count). The molecule has 0 spiro atoms. The third kappa shape index (κ3) is 6.14. The van der Waals surface area contributed by atoms with Crippen LogP contribution in [0.2, 0.25) is 0 Å². The topological polar surface area (TPSA) is 78.2 Å². The van der Waals surface area contributed by atoms with Gasteiger partial charge in [0.15, 0.2) is 11.5 Å². The van der Waals surface area contributed by atoms with Gasteiger partial charge in [-0.05, 0) is 43.2 Å². The van der Waals surface area contributed by atoms with Crippen molar-refractivity contribution in [1.82, 2.24) is 4.90 Å². The van der Waals surface area contributed by atoms with Gasteiger partial charge in [-0.1, -0.05) is 19.4 Å². The van der Waals surface area contributed by atoms with E-state index in [1.165, 1.54) is 18.1 Å². The van der Waals surface area contributed by atoms with Crippen molar-refractivity contribution >= 4 is 18.0 Å². The summed E-state index contributed by atoms with van der Waals surface area (Å²) < 4.78 is 21.4. The van der Waals surface area contributed by atoms with Gasteiger partial charge < -0.3 is 23.5 Å². The lowest BCUT2D eigenvalue weighted by atomic mass is 10.2. The first-order chi connectivity index (χ1) is 14.4. The lowest BCUT2D eigenvalue weighted by molar-refractivity contribution is -0.125. The van der Waals surface area contributed by atoms with E-state index in [-0.39, 0.29) is 12.5 Å². The summed E-state index contributed by atoms with van der Waals surface area (Å²) in [6.07, 6.45) is 5.22. The molecule has 1 amide bonds. The van der Waals surface area contributed by atoms with E-state index >= 15 is 0 Å². The number of rotatable bonds is 10. The normalized spacial score (nSPS) is 10.8. The van der Waals surface area contributed by atoms with Crippen LogP contribution in [0.3, 0.4) is 0 Å². The highest BCUT2D eigenvalue weighted by Crippen LogP contribution is 2.28. The van der Waals surface area contributed by atoms with Gasteiger partial charge in [0.25, 0.3) is 0 Å². The summed E-state index contributed by atoms with van der Waals surface area (Å²) in [6, 6.07) is 7.12. The highest BCUT2D eigenvalue weighted by atomic mass is 16.5. The zero-order valence-corrected chi connectivity index (χ0v) is 18.2. The van der Waals surface area contributed by atoms with Crippen LogP contribution >= 0.6 is 0 Å². The predicted octanol–water partition coefficient (Wildman–Crippen LogP) is 4.23. The van der Waals surface area contributed by atoms with Crippen LogP contribution in [-0.4, -0.2) is 44.7 Å². The molecule has 0 aliphatic carbocycles. The molecule has 0 atom stereocenters. The average molecular weight is 415 g/mol. The molecule has 162 valence electrons. The van der Waals surface area contributed by atoms with Crippen LogP contribution in [0.5, 0.6) is 11.5 Å². The van der Waals surface area contributed by atoms with E-state index in [0.29, 0.717) is 35.2 Å². The fraction of sp³-hybridized carbons (Fsp3) is 0.391. The Morgan fingerprint density at radius 1 is 1.17 bits per heavy atom. The van der Waals surface area contributed by atoms with Gasteiger partial charge in [0.1, 0.15) is 17.1 Å². The van der Waals surface area contributed by atoms with E-state index in [2.05, 4.69) is 6.92 Å². The maximum absolute atomic E-state index is 12.4. The Kier molecular flexibility index (Phi) is 8.53. The molecule has 0 aliphatic heterocycles. The number of unbranched alkanes of at least 4 members (excludes halogenated alkanes) is 1. The van der Waals surface area contributed by atoms with Gasteiger partial charge in [-0.2, -0.15) is 0 Å². The molecule has 0 bridgehead atoms. The summed E-state index contributed by atoms with van der Waals surface area (Å²) >= 11 is 0. The minimum atomic E-state index is -0.465. The zero-order chi connectivity index (χ0) is 22.1. The summed E-state index contributed by atoms with van der Waals surface area (Å²) in [5, 5.41) is 0. The van der Waals surface area contributed by atoms with Crippen LogP contribution in [0, 0.1) is 6.92 Å². The maximum atomic E-state index is 12.4. The lowest BCUT2D eigenvalue weighted by Crippen LogP contribution is -2.23. The van der Waals surface area contributed by atoms with Crippen molar-refractivity contribution in [1.29, 1.82) is 0 Å². The molecule has 0 unspecified atom stereocenters. The summed E-state index contributed by atoms with van der Waals surface area (Å²) in [4.78, 5) is 25.6. The number of hydrogen-bond donors (Lipinski definition) is 0. The Morgan fingerprint density at radius 3 is 2.60 bits per heavy atom. The predicted molar refractivity (Wildman–Crippen MR) is 114 cm³/mol. The number of amides is 1. The molecule has 0 aliphatic rings. The molecular weight excluding hydrogens is 386 g/mol. The van der Waals surface area contributed by atoms with Crippen molar-refractivity contribution in [3.8, 4) is 11.5 Å². The summed E-state index contributed by atoms with van der Waals surface area (Å²) in [7, 11) is 4.56. The largest absolute Gasteiger partial charge is 0.493 e. The van der Waals surface area contributed by atoms with Crippen molar-refractivity contribution < 1.29 is 28.2 Å². The third-order valence-corrected chi connectivity index (χ3v) is 4.50.